The second-order valence-corrected chi connectivity index (χ2v) is 4.35. The van der Waals surface area contributed by atoms with Crippen LogP contribution >= 0.6 is 22.6 Å². The van der Waals surface area contributed by atoms with E-state index in [0.29, 0.717) is 9.99 Å². The van der Waals surface area contributed by atoms with E-state index < -0.39 is 0 Å². The SMILES string of the molecule is COC(=O)C[C@@H](CI)NC(=O)c1ccccc1. The van der Waals surface area contributed by atoms with E-state index in [0.717, 1.165) is 0 Å². The molecule has 0 spiro atoms. The number of ether oxygens (including phenoxy) is 1. The lowest BCUT2D eigenvalue weighted by Crippen LogP contribution is -2.37. The van der Waals surface area contributed by atoms with Crippen molar-refractivity contribution >= 4 is 34.5 Å². The van der Waals surface area contributed by atoms with E-state index in [-0.39, 0.29) is 24.3 Å². The highest BCUT2D eigenvalue weighted by Crippen LogP contribution is 2.03. The standard InChI is InChI=1S/C12H14INO3/c1-17-11(15)7-10(8-13)14-12(16)9-5-3-2-4-6-9/h2-6,10H,7-8H2,1H3,(H,14,16)/t10-/m0/s1. The number of carbonyl (C=O) groups excluding carboxylic acids is 2. The minimum atomic E-state index is -0.319. The molecule has 5 heteroatoms. The van der Waals surface area contributed by atoms with E-state index in [4.69, 9.17) is 0 Å². The van der Waals surface area contributed by atoms with Gasteiger partial charge in [-0.05, 0) is 12.1 Å². The molecule has 4 nitrogen and oxygen atoms in total. The van der Waals surface area contributed by atoms with Crippen LogP contribution in [0.3, 0.4) is 0 Å². The fourth-order valence-corrected chi connectivity index (χ4v) is 1.82. The molecule has 17 heavy (non-hydrogen) atoms. The highest BCUT2D eigenvalue weighted by Gasteiger charge is 2.16. The first-order chi connectivity index (χ1) is 8.17. The third-order valence-corrected chi connectivity index (χ3v) is 3.26. The Bertz CT molecular complexity index is 381. The fraction of sp³-hybridized carbons (Fsp3) is 0.333. The summed E-state index contributed by atoms with van der Waals surface area (Å²) >= 11 is 2.13. The Morgan fingerprint density at radius 2 is 2.00 bits per heavy atom. The van der Waals surface area contributed by atoms with Crippen molar-refractivity contribution in [1.29, 1.82) is 0 Å². The van der Waals surface area contributed by atoms with Crippen molar-refractivity contribution in [3.63, 3.8) is 0 Å². The quantitative estimate of drug-likeness (QED) is 0.502. The maximum atomic E-state index is 11.8. The molecule has 0 saturated carbocycles. The summed E-state index contributed by atoms with van der Waals surface area (Å²) in [5, 5.41) is 2.80. The molecule has 1 N–H and O–H groups in total. The van der Waals surface area contributed by atoms with E-state index in [9.17, 15) is 9.59 Å². The zero-order valence-corrected chi connectivity index (χ0v) is 11.6. The zero-order valence-electron chi connectivity index (χ0n) is 9.48. The molecular formula is C12H14INO3. The second-order valence-electron chi connectivity index (χ2n) is 3.47. The molecule has 0 aromatic heterocycles. The molecule has 0 aliphatic carbocycles. The number of amides is 1. The molecule has 0 fully saturated rings. The van der Waals surface area contributed by atoms with Crippen LogP contribution in [0.5, 0.6) is 0 Å². The monoisotopic (exact) mass is 347 g/mol. The molecule has 0 aliphatic heterocycles. The number of esters is 1. The van der Waals surface area contributed by atoms with Crippen molar-refractivity contribution in [2.45, 2.75) is 12.5 Å². The van der Waals surface area contributed by atoms with Gasteiger partial charge in [-0.1, -0.05) is 40.8 Å². The summed E-state index contributed by atoms with van der Waals surface area (Å²) in [4.78, 5) is 22.9. The van der Waals surface area contributed by atoms with Gasteiger partial charge in [-0.25, -0.2) is 0 Å². The zero-order chi connectivity index (χ0) is 12.7. The number of methoxy groups -OCH3 is 1. The molecule has 1 aromatic carbocycles. The van der Waals surface area contributed by atoms with Crippen molar-refractivity contribution in [3.05, 3.63) is 35.9 Å². The molecule has 1 atom stereocenters. The molecule has 1 amide bonds. The van der Waals surface area contributed by atoms with Crippen LogP contribution in [0.2, 0.25) is 0 Å². The van der Waals surface area contributed by atoms with Gasteiger partial charge in [0, 0.05) is 16.0 Å². The summed E-state index contributed by atoms with van der Waals surface area (Å²) in [6.45, 7) is 0. The number of alkyl halides is 1. The van der Waals surface area contributed by atoms with Gasteiger partial charge in [0.1, 0.15) is 0 Å². The number of benzene rings is 1. The van der Waals surface area contributed by atoms with Crippen LogP contribution in [0, 0.1) is 0 Å². The number of carbonyl (C=O) groups is 2. The Morgan fingerprint density at radius 1 is 1.35 bits per heavy atom. The fourth-order valence-electron chi connectivity index (χ4n) is 1.29. The van der Waals surface area contributed by atoms with Crippen LogP contribution in [0.25, 0.3) is 0 Å². The average molecular weight is 347 g/mol. The normalized spacial score (nSPS) is 11.6. The largest absolute Gasteiger partial charge is 0.469 e. The van der Waals surface area contributed by atoms with E-state index >= 15 is 0 Å². The van der Waals surface area contributed by atoms with Gasteiger partial charge in [-0.3, -0.25) is 9.59 Å². The second kappa shape index (κ2) is 7.26. The summed E-state index contributed by atoms with van der Waals surface area (Å²) in [7, 11) is 1.34. The first-order valence-corrected chi connectivity index (χ1v) is 6.68. The summed E-state index contributed by atoms with van der Waals surface area (Å²) < 4.78 is 5.23. The molecule has 0 unspecified atom stereocenters. The summed E-state index contributed by atoms with van der Waals surface area (Å²) in [6.07, 6.45) is 0.192. The van der Waals surface area contributed by atoms with E-state index in [1.807, 2.05) is 6.07 Å². The van der Waals surface area contributed by atoms with Crippen molar-refractivity contribution in [2.24, 2.45) is 0 Å². The Labute approximate surface area is 114 Å². The Hall–Kier alpha value is -1.11. The molecule has 1 aromatic rings. The molecular weight excluding hydrogens is 333 g/mol. The Kier molecular flexibility index (Phi) is 5.96. The molecule has 0 saturated heterocycles. The molecule has 0 bridgehead atoms. The van der Waals surface area contributed by atoms with Crippen LogP contribution in [-0.4, -0.2) is 29.5 Å². The van der Waals surface area contributed by atoms with Gasteiger partial charge in [0.05, 0.1) is 13.5 Å². The third-order valence-electron chi connectivity index (χ3n) is 2.20. The summed E-state index contributed by atoms with van der Waals surface area (Å²) in [5.74, 6) is -0.490. The van der Waals surface area contributed by atoms with Crippen molar-refractivity contribution in [3.8, 4) is 0 Å². The van der Waals surface area contributed by atoms with Gasteiger partial charge in [0.15, 0.2) is 0 Å². The average Bonchev–Trinajstić information content (AvgIpc) is 2.38. The predicted molar refractivity (Wildman–Crippen MR) is 73.2 cm³/mol. The lowest BCUT2D eigenvalue weighted by Gasteiger charge is -2.14. The number of hydrogen-bond acceptors (Lipinski definition) is 3. The Morgan fingerprint density at radius 3 is 2.53 bits per heavy atom. The third kappa shape index (κ3) is 4.72. The maximum absolute atomic E-state index is 11.8. The smallest absolute Gasteiger partial charge is 0.307 e. The van der Waals surface area contributed by atoms with Gasteiger partial charge >= 0.3 is 5.97 Å². The van der Waals surface area contributed by atoms with Crippen molar-refractivity contribution in [2.75, 3.05) is 11.5 Å². The number of rotatable bonds is 5. The van der Waals surface area contributed by atoms with Crippen LogP contribution < -0.4 is 5.32 Å². The first-order valence-electron chi connectivity index (χ1n) is 5.16. The summed E-state index contributed by atoms with van der Waals surface area (Å²) in [5.41, 5.74) is 0.590. The van der Waals surface area contributed by atoms with Crippen LogP contribution in [-0.2, 0) is 9.53 Å². The maximum Gasteiger partial charge on any atom is 0.307 e. The lowest BCUT2D eigenvalue weighted by molar-refractivity contribution is -0.140. The summed E-state index contributed by atoms with van der Waals surface area (Å²) in [6, 6.07) is 8.72. The Balaban J connectivity index is 2.57. The molecule has 0 radical (unpaired) electrons. The number of nitrogens with one attached hydrogen (secondary N) is 1. The van der Waals surface area contributed by atoms with Crippen LogP contribution in [0.1, 0.15) is 16.8 Å². The van der Waals surface area contributed by atoms with Gasteiger partial charge < -0.3 is 10.1 Å². The first kappa shape index (κ1) is 14.0. The minimum absolute atomic E-state index is 0.170. The molecule has 1 rings (SSSR count). The van der Waals surface area contributed by atoms with Gasteiger partial charge in [-0.2, -0.15) is 0 Å². The molecule has 0 heterocycles. The topological polar surface area (TPSA) is 55.4 Å². The van der Waals surface area contributed by atoms with E-state index in [1.54, 1.807) is 24.3 Å². The van der Waals surface area contributed by atoms with Gasteiger partial charge in [-0.15, -0.1) is 0 Å². The molecule has 0 aliphatic rings. The van der Waals surface area contributed by atoms with Crippen LogP contribution in [0.15, 0.2) is 30.3 Å². The highest BCUT2D eigenvalue weighted by molar-refractivity contribution is 14.1. The van der Waals surface area contributed by atoms with Crippen molar-refractivity contribution < 1.29 is 14.3 Å². The lowest BCUT2D eigenvalue weighted by atomic mass is 10.2. The van der Waals surface area contributed by atoms with Gasteiger partial charge in [0.2, 0.25) is 0 Å². The van der Waals surface area contributed by atoms with Crippen LogP contribution in [0.4, 0.5) is 0 Å². The number of hydrogen-bond donors (Lipinski definition) is 1. The van der Waals surface area contributed by atoms with Gasteiger partial charge in [0.25, 0.3) is 5.91 Å². The van der Waals surface area contributed by atoms with E-state index in [2.05, 4.69) is 32.6 Å². The van der Waals surface area contributed by atoms with Crippen molar-refractivity contribution in [1.82, 2.24) is 5.32 Å². The highest BCUT2D eigenvalue weighted by atomic mass is 127. The van der Waals surface area contributed by atoms with E-state index in [1.165, 1.54) is 7.11 Å². The molecule has 92 valence electrons. The minimum Gasteiger partial charge on any atom is -0.469 e. The number of halogens is 1. The predicted octanol–water partition coefficient (Wildman–Crippen LogP) is 1.78.